The van der Waals surface area contributed by atoms with E-state index in [1.54, 1.807) is 48.5 Å². The Morgan fingerprint density at radius 1 is 0.850 bits per heavy atom. The van der Waals surface area contributed by atoms with Crippen LogP contribution in [0.1, 0.15) is 11.1 Å². The lowest BCUT2D eigenvalue weighted by Crippen LogP contribution is -2.47. The molecule has 0 aliphatic carbocycles. The van der Waals surface area contributed by atoms with Crippen molar-refractivity contribution < 1.29 is 19.1 Å². The monoisotopic (exact) mass is 534 g/mol. The van der Waals surface area contributed by atoms with E-state index in [1.165, 1.54) is 6.20 Å². The van der Waals surface area contributed by atoms with Gasteiger partial charge in [-0.05, 0) is 54.7 Å². The van der Waals surface area contributed by atoms with Crippen molar-refractivity contribution in [1.82, 2.24) is 5.32 Å². The highest BCUT2D eigenvalue weighted by molar-refractivity contribution is 6.21. The molecule has 1 atom stereocenters. The number of hydrogen-bond donors (Lipinski definition) is 3. The fourth-order valence-corrected chi connectivity index (χ4v) is 3.88. The second-order valence-electron chi connectivity index (χ2n) is 8.71. The van der Waals surface area contributed by atoms with E-state index in [-0.39, 0.29) is 18.8 Å². The third-order valence-electron chi connectivity index (χ3n) is 5.89. The Labute approximate surface area is 233 Å². The summed E-state index contributed by atoms with van der Waals surface area (Å²) < 4.78 is 11.6. The number of amides is 2. The Morgan fingerprint density at radius 3 is 2.15 bits per heavy atom. The standard InChI is InChI=1S/C32H30N4O4/c1-34-29-15-9-8-14-27(29)28(20-33)31(37)36-30(22-39-21-23-10-4-2-5-11-23)32(38)35-24-16-18-26(19-17-24)40-25-12-6-3-7-13-25/h2-20,30H,1,21-22,33H2,(H,35,38)(H,36,37)/b28-20+. The van der Waals surface area contributed by atoms with Crippen molar-refractivity contribution in [2.75, 3.05) is 11.9 Å². The fraction of sp³-hybridized carbons (Fsp3) is 0.0938. The number of aliphatic imine (C=N–C) groups is 1. The minimum atomic E-state index is -1.02. The number of ether oxygens (including phenoxy) is 2. The highest BCUT2D eigenvalue weighted by Gasteiger charge is 2.24. The molecule has 0 aliphatic heterocycles. The summed E-state index contributed by atoms with van der Waals surface area (Å²) >= 11 is 0. The molecule has 40 heavy (non-hydrogen) atoms. The lowest BCUT2D eigenvalue weighted by Gasteiger charge is -2.20. The number of nitrogens with one attached hydrogen (secondary N) is 2. The van der Waals surface area contributed by atoms with Crippen molar-refractivity contribution in [1.29, 1.82) is 0 Å². The van der Waals surface area contributed by atoms with Crippen LogP contribution >= 0.6 is 0 Å². The summed E-state index contributed by atoms with van der Waals surface area (Å²) in [6, 6.07) is 31.8. The minimum Gasteiger partial charge on any atom is -0.457 e. The van der Waals surface area contributed by atoms with Crippen LogP contribution in [0.4, 0.5) is 11.4 Å². The maximum Gasteiger partial charge on any atom is 0.254 e. The van der Waals surface area contributed by atoms with Crippen LogP contribution in [-0.2, 0) is 20.9 Å². The molecular weight excluding hydrogens is 504 g/mol. The fourth-order valence-electron chi connectivity index (χ4n) is 3.88. The zero-order valence-corrected chi connectivity index (χ0v) is 21.8. The Balaban J connectivity index is 1.47. The maximum absolute atomic E-state index is 13.3. The normalized spacial score (nSPS) is 11.8. The quantitative estimate of drug-likeness (QED) is 0.165. The average Bonchev–Trinajstić information content (AvgIpc) is 2.99. The van der Waals surface area contributed by atoms with Gasteiger partial charge in [0.15, 0.2) is 0 Å². The lowest BCUT2D eigenvalue weighted by molar-refractivity contribution is -0.125. The van der Waals surface area contributed by atoms with E-state index in [0.29, 0.717) is 28.4 Å². The van der Waals surface area contributed by atoms with E-state index in [9.17, 15) is 9.59 Å². The van der Waals surface area contributed by atoms with Crippen LogP contribution in [0.5, 0.6) is 11.5 Å². The van der Waals surface area contributed by atoms with Crippen LogP contribution in [0, 0.1) is 0 Å². The second-order valence-corrected chi connectivity index (χ2v) is 8.71. The number of nitrogens with zero attached hydrogens (tertiary/aromatic N) is 1. The number of hydrogen-bond acceptors (Lipinski definition) is 6. The first-order valence-corrected chi connectivity index (χ1v) is 12.6. The Kier molecular flexibility index (Phi) is 9.79. The first-order chi connectivity index (χ1) is 19.6. The van der Waals surface area contributed by atoms with Crippen molar-refractivity contribution >= 4 is 35.5 Å². The van der Waals surface area contributed by atoms with Crippen molar-refractivity contribution in [3.05, 3.63) is 127 Å². The summed E-state index contributed by atoms with van der Waals surface area (Å²) in [6.07, 6.45) is 1.19. The number of rotatable bonds is 12. The number of nitrogens with two attached hydrogens (primary N) is 1. The zero-order chi connectivity index (χ0) is 28.2. The molecule has 8 nitrogen and oxygen atoms in total. The van der Waals surface area contributed by atoms with Crippen LogP contribution in [0.2, 0.25) is 0 Å². The van der Waals surface area contributed by atoms with Crippen LogP contribution in [0.15, 0.2) is 120 Å². The first kappa shape index (κ1) is 27.8. The van der Waals surface area contributed by atoms with E-state index in [2.05, 4.69) is 22.3 Å². The van der Waals surface area contributed by atoms with Gasteiger partial charge in [0.05, 0.1) is 24.5 Å². The van der Waals surface area contributed by atoms with Crippen LogP contribution in [0.3, 0.4) is 0 Å². The van der Waals surface area contributed by atoms with Gasteiger partial charge in [0.1, 0.15) is 17.5 Å². The highest BCUT2D eigenvalue weighted by Crippen LogP contribution is 2.26. The van der Waals surface area contributed by atoms with Crippen molar-refractivity contribution in [3.63, 3.8) is 0 Å². The average molecular weight is 535 g/mol. The molecule has 202 valence electrons. The van der Waals surface area contributed by atoms with Gasteiger partial charge in [-0.25, -0.2) is 0 Å². The summed E-state index contributed by atoms with van der Waals surface area (Å²) in [5, 5.41) is 5.60. The third kappa shape index (κ3) is 7.66. The molecule has 4 rings (SSSR count). The predicted octanol–water partition coefficient (Wildman–Crippen LogP) is 5.45. The summed E-state index contributed by atoms with van der Waals surface area (Å²) in [6.45, 7) is 3.76. The topological polar surface area (TPSA) is 115 Å². The summed E-state index contributed by atoms with van der Waals surface area (Å²) in [5.41, 5.74) is 8.44. The van der Waals surface area contributed by atoms with Gasteiger partial charge in [-0.15, -0.1) is 0 Å². The molecule has 0 spiro atoms. The molecule has 4 N–H and O–H groups in total. The molecule has 0 radical (unpaired) electrons. The third-order valence-corrected chi connectivity index (χ3v) is 5.89. The van der Waals surface area contributed by atoms with E-state index < -0.39 is 17.9 Å². The van der Waals surface area contributed by atoms with Crippen LogP contribution in [-0.4, -0.2) is 31.2 Å². The Hall–Kier alpha value is -5.21. The van der Waals surface area contributed by atoms with E-state index >= 15 is 0 Å². The van der Waals surface area contributed by atoms with Gasteiger partial charge < -0.3 is 25.8 Å². The van der Waals surface area contributed by atoms with Gasteiger partial charge >= 0.3 is 0 Å². The number of carbonyl (C=O) groups is 2. The molecule has 4 aromatic carbocycles. The summed E-state index contributed by atoms with van der Waals surface area (Å²) in [5.74, 6) is 0.320. The van der Waals surface area contributed by atoms with Crippen molar-refractivity contribution in [2.45, 2.75) is 12.6 Å². The molecule has 0 aromatic heterocycles. The Bertz CT molecular complexity index is 1460. The maximum atomic E-state index is 13.3. The number of anilines is 1. The molecule has 8 heteroatoms. The zero-order valence-electron chi connectivity index (χ0n) is 21.8. The first-order valence-electron chi connectivity index (χ1n) is 12.6. The van der Waals surface area contributed by atoms with Gasteiger partial charge in [0.25, 0.3) is 5.91 Å². The molecule has 0 saturated carbocycles. The van der Waals surface area contributed by atoms with E-state index in [4.69, 9.17) is 15.2 Å². The van der Waals surface area contributed by atoms with Gasteiger partial charge in [-0.1, -0.05) is 66.7 Å². The molecule has 0 heterocycles. The van der Waals surface area contributed by atoms with Gasteiger partial charge in [0, 0.05) is 17.5 Å². The number of para-hydroxylation sites is 2. The van der Waals surface area contributed by atoms with E-state index in [1.807, 2.05) is 60.7 Å². The summed E-state index contributed by atoms with van der Waals surface area (Å²) in [4.78, 5) is 30.6. The second kappa shape index (κ2) is 14.1. The van der Waals surface area contributed by atoms with E-state index in [0.717, 1.165) is 5.56 Å². The molecule has 2 amide bonds. The van der Waals surface area contributed by atoms with Gasteiger partial charge in [0.2, 0.25) is 5.91 Å². The SMILES string of the molecule is C=Nc1ccccc1/C(=C\N)C(=O)NC(COCc1ccccc1)C(=O)Nc1ccc(Oc2ccccc2)cc1. The molecule has 0 saturated heterocycles. The minimum absolute atomic E-state index is 0.0686. The predicted molar refractivity (Wildman–Crippen MR) is 157 cm³/mol. The molecule has 0 fully saturated rings. The molecular formula is C32H30N4O4. The Morgan fingerprint density at radius 2 is 1.48 bits per heavy atom. The number of benzene rings is 4. The van der Waals surface area contributed by atoms with Gasteiger partial charge in [-0.2, -0.15) is 0 Å². The van der Waals surface area contributed by atoms with Crippen LogP contribution in [0.25, 0.3) is 5.57 Å². The summed E-state index contributed by atoms with van der Waals surface area (Å²) in [7, 11) is 0. The molecule has 4 aromatic rings. The highest BCUT2D eigenvalue weighted by atomic mass is 16.5. The largest absolute Gasteiger partial charge is 0.457 e. The smallest absolute Gasteiger partial charge is 0.254 e. The van der Waals surface area contributed by atoms with Crippen LogP contribution < -0.4 is 21.1 Å². The van der Waals surface area contributed by atoms with Crippen molar-refractivity contribution in [3.8, 4) is 11.5 Å². The van der Waals surface area contributed by atoms with Gasteiger partial charge in [-0.3, -0.25) is 14.6 Å². The molecule has 0 bridgehead atoms. The molecule has 1 unspecified atom stereocenters. The lowest BCUT2D eigenvalue weighted by atomic mass is 10.0. The molecule has 0 aliphatic rings. The van der Waals surface area contributed by atoms with Crippen molar-refractivity contribution in [2.24, 2.45) is 10.7 Å². The number of carbonyl (C=O) groups excluding carboxylic acids is 2.